The second-order valence-corrected chi connectivity index (χ2v) is 2.19. The summed E-state index contributed by atoms with van der Waals surface area (Å²) in [4.78, 5) is 0. The van der Waals surface area contributed by atoms with Crippen LogP contribution in [0.5, 0.6) is 0 Å². The Morgan fingerprint density at radius 3 is 3.00 bits per heavy atom. The highest BCUT2D eigenvalue weighted by Crippen LogP contribution is 2.17. The number of hydrogen-bond donors (Lipinski definition) is 1. The molecule has 1 aliphatic rings. The van der Waals surface area contributed by atoms with Crippen LogP contribution in [0.1, 0.15) is 5.56 Å². The van der Waals surface area contributed by atoms with Gasteiger partial charge in [0.15, 0.2) is 0 Å². The summed E-state index contributed by atoms with van der Waals surface area (Å²) in [6.07, 6.45) is 3.77. The van der Waals surface area contributed by atoms with Gasteiger partial charge in [-0.15, -0.1) is 5.73 Å². The number of fused-ring (bicyclic) bond motifs is 1. The average molecular weight is 129 g/mol. The molecule has 0 aliphatic carbocycles. The van der Waals surface area contributed by atoms with E-state index in [0.29, 0.717) is 0 Å². The SMILES string of the molecule is C1=CNc2ccccc2C=1. The molecule has 0 radical (unpaired) electrons. The molecular weight excluding hydrogens is 122 g/mol. The molecule has 1 heteroatoms. The molecule has 0 unspecified atom stereocenters. The van der Waals surface area contributed by atoms with E-state index in [1.165, 1.54) is 5.56 Å². The Kier molecular flexibility index (Phi) is 1.09. The molecule has 48 valence electrons. The number of benzene rings is 1. The molecule has 0 amide bonds. The molecule has 1 aliphatic heterocycles. The lowest BCUT2D eigenvalue weighted by molar-refractivity contribution is 1.54. The average Bonchev–Trinajstić information content (AvgIpc) is 2.05. The van der Waals surface area contributed by atoms with E-state index in [9.17, 15) is 0 Å². The first-order valence-corrected chi connectivity index (χ1v) is 3.23. The molecule has 1 heterocycles. The van der Waals surface area contributed by atoms with Crippen molar-refractivity contribution in [2.75, 3.05) is 5.32 Å². The Balaban J connectivity index is 2.63. The van der Waals surface area contributed by atoms with Crippen LogP contribution >= 0.6 is 0 Å². The lowest BCUT2D eigenvalue weighted by Gasteiger charge is -2.05. The molecule has 0 spiro atoms. The van der Waals surface area contributed by atoms with Gasteiger partial charge in [0.1, 0.15) is 0 Å². The van der Waals surface area contributed by atoms with E-state index in [-0.39, 0.29) is 0 Å². The van der Waals surface area contributed by atoms with Crippen LogP contribution in [0.15, 0.2) is 36.2 Å². The van der Waals surface area contributed by atoms with Crippen LogP contribution in [0, 0.1) is 0 Å². The van der Waals surface area contributed by atoms with E-state index < -0.39 is 0 Å². The summed E-state index contributed by atoms with van der Waals surface area (Å²) in [5.41, 5.74) is 5.33. The summed E-state index contributed by atoms with van der Waals surface area (Å²) >= 11 is 0. The predicted octanol–water partition coefficient (Wildman–Crippen LogP) is 2.24. The molecule has 1 aromatic carbocycles. The summed E-state index contributed by atoms with van der Waals surface area (Å²) in [6.45, 7) is 0. The third-order valence-corrected chi connectivity index (χ3v) is 1.51. The fourth-order valence-corrected chi connectivity index (χ4v) is 1.01. The molecule has 0 saturated carbocycles. The van der Waals surface area contributed by atoms with Gasteiger partial charge in [0, 0.05) is 17.5 Å². The quantitative estimate of drug-likeness (QED) is 0.530. The zero-order valence-electron chi connectivity index (χ0n) is 5.46. The van der Waals surface area contributed by atoms with Crippen LogP contribution < -0.4 is 5.32 Å². The van der Waals surface area contributed by atoms with Crippen molar-refractivity contribution in [3.63, 3.8) is 0 Å². The minimum Gasteiger partial charge on any atom is -0.355 e. The lowest BCUT2D eigenvalue weighted by atomic mass is 10.1. The minimum absolute atomic E-state index is 1.15. The lowest BCUT2D eigenvalue weighted by Crippen LogP contribution is -1.91. The highest BCUT2D eigenvalue weighted by molar-refractivity contribution is 5.69. The topological polar surface area (TPSA) is 12.0 Å². The normalized spacial score (nSPS) is 12.4. The van der Waals surface area contributed by atoms with Gasteiger partial charge >= 0.3 is 0 Å². The number of nitrogens with one attached hydrogen (secondary N) is 1. The van der Waals surface area contributed by atoms with E-state index in [2.05, 4.69) is 17.1 Å². The van der Waals surface area contributed by atoms with Gasteiger partial charge in [-0.1, -0.05) is 18.2 Å². The molecule has 0 atom stereocenters. The Bertz CT molecular complexity index is 306. The largest absolute Gasteiger partial charge is 0.355 e. The maximum Gasteiger partial charge on any atom is 0.0464 e. The van der Waals surface area contributed by atoms with Crippen molar-refractivity contribution in [1.29, 1.82) is 0 Å². The number of para-hydroxylation sites is 1. The van der Waals surface area contributed by atoms with Crippen molar-refractivity contribution in [2.45, 2.75) is 0 Å². The van der Waals surface area contributed by atoms with E-state index >= 15 is 0 Å². The summed E-state index contributed by atoms with van der Waals surface area (Å²) in [5.74, 6) is 0. The second kappa shape index (κ2) is 2.05. The molecule has 0 fully saturated rings. The maximum absolute atomic E-state index is 3.10. The highest BCUT2D eigenvalue weighted by Gasteiger charge is 1.96. The van der Waals surface area contributed by atoms with Crippen molar-refractivity contribution in [3.05, 3.63) is 41.8 Å². The van der Waals surface area contributed by atoms with E-state index in [4.69, 9.17) is 0 Å². The first-order valence-electron chi connectivity index (χ1n) is 3.23. The first-order chi connectivity index (χ1) is 4.97. The van der Waals surface area contributed by atoms with Crippen LogP contribution in [-0.2, 0) is 0 Å². The third-order valence-electron chi connectivity index (χ3n) is 1.51. The summed E-state index contributed by atoms with van der Waals surface area (Å²) in [7, 11) is 0. The van der Waals surface area contributed by atoms with Gasteiger partial charge in [-0.05, 0) is 12.1 Å². The molecule has 1 aromatic rings. The Labute approximate surface area is 59.7 Å². The number of anilines is 1. The van der Waals surface area contributed by atoms with Crippen LogP contribution in [0.2, 0.25) is 0 Å². The van der Waals surface area contributed by atoms with E-state index in [0.717, 1.165) is 5.69 Å². The van der Waals surface area contributed by atoms with Crippen LogP contribution in [0.4, 0.5) is 5.69 Å². The summed E-state index contributed by atoms with van der Waals surface area (Å²) in [5, 5.41) is 3.10. The van der Waals surface area contributed by atoms with Crippen molar-refractivity contribution in [1.82, 2.24) is 0 Å². The number of rotatable bonds is 0. The molecular formula is C9H7N. The van der Waals surface area contributed by atoms with Crippen molar-refractivity contribution in [2.24, 2.45) is 0 Å². The maximum atomic E-state index is 3.10. The third kappa shape index (κ3) is 0.734. The van der Waals surface area contributed by atoms with Crippen molar-refractivity contribution >= 4 is 11.8 Å². The first kappa shape index (κ1) is 5.33. The van der Waals surface area contributed by atoms with Gasteiger partial charge in [-0.3, -0.25) is 0 Å². The van der Waals surface area contributed by atoms with Gasteiger partial charge < -0.3 is 5.32 Å². The Morgan fingerprint density at radius 2 is 2.10 bits per heavy atom. The molecule has 10 heavy (non-hydrogen) atoms. The Hall–Kier alpha value is -1.46. The van der Waals surface area contributed by atoms with Crippen LogP contribution in [-0.4, -0.2) is 0 Å². The highest BCUT2D eigenvalue weighted by atomic mass is 14.8. The van der Waals surface area contributed by atoms with Gasteiger partial charge in [-0.25, -0.2) is 0 Å². The fourth-order valence-electron chi connectivity index (χ4n) is 1.01. The predicted molar refractivity (Wildman–Crippen MR) is 42.6 cm³/mol. The molecule has 1 N–H and O–H groups in total. The summed E-state index contributed by atoms with van der Waals surface area (Å²) in [6, 6.07) is 8.13. The molecule has 2 rings (SSSR count). The zero-order valence-corrected chi connectivity index (χ0v) is 5.46. The molecule has 0 aromatic heterocycles. The van der Waals surface area contributed by atoms with Crippen LogP contribution in [0.25, 0.3) is 6.08 Å². The van der Waals surface area contributed by atoms with E-state index in [1.54, 1.807) is 0 Å². The van der Waals surface area contributed by atoms with Crippen molar-refractivity contribution in [3.8, 4) is 0 Å². The van der Waals surface area contributed by atoms with Gasteiger partial charge in [-0.2, -0.15) is 0 Å². The fraction of sp³-hybridized carbons (Fsp3) is 0. The smallest absolute Gasteiger partial charge is 0.0464 e. The molecule has 0 bridgehead atoms. The summed E-state index contributed by atoms with van der Waals surface area (Å²) < 4.78 is 0. The standard InChI is InChI=1S/C9H7N/c1-2-6-9-8(4-1)5-3-7-10-9/h1-2,4-7,10H. The Morgan fingerprint density at radius 1 is 1.20 bits per heavy atom. The van der Waals surface area contributed by atoms with Crippen LogP contribution in [0.3, 0.4) is 0 Å². The van der Waals surface area contributed by atoms with Gasteiger partial charge in [0.05, 0.1) is 0 Å². The zero-order chi connectivity index (χ0) is 6.81. The second-order valence-electron chi connectivity index (χ2n) is 2.19. The van der Waals surface area contributed by atoms with Crippen molar-refractivity contribution < 1.29 is 0 Å². The molecule has 0 saturated heterocycles. The minimum atomic E-state index is 1.15. The van der Waals surface area contributed by atoms with Gasteiger partial charge in [0.2, 0.25) is 0 Å². The monoisotopic (exact) mass is 129 g/mol. The van der Waals surface area contributed by atoms with E-state index in [1.807, 2.05) is 30.5 Å². The molecule has 1 nitrogen and oxygen atoms in total. The number of hydrogen-bond acceptors (Lipinski definition) is 1. The van der Waals surface area contributed by atoms with Gasteiger partial charge in [0.25, 0.3) is 0 Å².